The molecule has 0 radical (unpaired) electrons. The smallest absolute Gasteiger partial charge is 0.242 e. The molecule has 4 saturated carbocycles. The first kappa shape index (κ1) is 18.9. The molecule has 4 atom stereocenters. The fraction of sp³-hybridized carbons (Fsp3) is 0.727. The Morgan fingerprint density at radius 2 is 1.97 bits per heavy atom. The van der Waals surface area contributed by atoms with Crippen molar-refractivity contribution < 1.29 is 13.2 Å². The van der Waals surface area contributed by atoms with Gasteiger partial charge in [0.15, 0.2) is 5.65 Å². The van der Waals surface area contributed by atoms with Crippen molar-refractivity contribution in [3.8, 4) is 5.75 Å². The van der Waals surface area contributed by atoms with Crippen LogP contribution >= 0.6 is 0 Å². The first-order valence-electron chi connectivity index (χ1n) is 11.6. The van der Waals surface area contributed by atoms with Crippen LogP contribution in [-0.4, -0.2) is 34.4 Å². The molecule has 162 valence electrons. The summed E-state index contributed by atoms with van der Waals surface area (Å²) in [5.74, 6) is 3.88. The van der Waals surface area contributed by atoms with Gasteiger partial charge >= 0.3 is 0 Å². The zero-order chi connectivity index (χ0) is 20.5. The Kier molecular flexibility index (Phi) is 4.31. The second kappa shape index (κ2) is 6.84. The summed E-state index contributed by atoms with van der Waals surface area (Å²) < 4.78 is 36.0. The van der Waals surface area contributed by atoms with Gasteiger partial charge in [-0.1, -0.05) is 13.3 Å². The number of pyridine rings is 1. The monoisotopic (exact) mass is 430 g/mol. The molecule has 0 spiro atoms. The van der Waals surface area contributed by atoms with Crippen LogP contribution in [0.25, 0.3) is 5.65 Å². The van der Waals surface area contributed by atoms with E-state index in [0.717, 1.165) is 43.8 Å². The molecule has 7 nitrogen and oxygen atoms in total. The number of nitrogens with one attached hydrogen (secondary N) is 1. The zero-order valence-electron chi connectivity index (χ0n) is 17.5. The van der Waals surface area contributed by atoms with E-state index < -0.39 is 10.0 Å². The molecular formula is C22H30N4O3S. The second-order valence-electron chi connectivity index (χ2n) is 9.89. The van der Waals surface area contributed by atoms with E-state index in [4.69, 9.17) is 4.74 Å². The summed E-state index contributed by atoms with van der Waals surface area (Å²) in [6.07, 6.45) is 12.4. The third kappa shape index (κ3) is 3.27. The Bertz CT molecular complexity index is 1070. The maximum absolute atomic E-state index is 12.4. The highest BCUT2D eigenvalue weighted by Gasteiger charge is 2.43. The van der Waals surface area contributed by atoms with Gasteiger partial charge in [-0.3, -0.25) is 9.12 Å². The maximum Gasteiger partial charge on any atom is 0.242 e. The van der Waals surface area contributed by atoms with Crippen LogP contribution in [0.5, 0.6) is 5.75 Å². The van der Waals surface area contributed by atoms with Crippen LogP contribution < -0.4 is 9.46 Å². The van der Waals surface area contributed by atoms with E-state index in [1.165, 1.54) is 31.2 Å². The molecule has 0 saturated heterocycles. The van der Waals surface area contributed by atoms with Gasteiger partial charge in [0.2, 0.25) is 16.0 Å². The summed E-state index contributed by atoms with van der Waals surface area (Å²) >= 11 is 0. The van der Waals surface area contributed by atoms with E-state index in [1.807, 2.05) is 12.3 Å². The van der Waals surface area contributed by atoms with Crippen molar-refractivity contribution in [1.29, 1.82) is 0 Å². The highest BCUT2D eigenvalue weighted by molar-refractivity contribution is 7.93. The number of hydrogen-bond acceptors (Lipinski definition) is 5. The molecule has 4 fully saturated rings. The van der Waals surface area contributed by atoms with Crippen LogP contribution in [0.2, 0.25) is 0 Å². The highest BCUT2D eigenvalue weighted by Crippen LogP contribution is 2.49. The van der Waals surface area contributed by atoms with Crippen molar-refractivity contribution in [2.24, 2.45) is 17.8 Å². The molecule has 8 heteroatoms. The molecule has 2 bridgehead atoms. The lowest BCUT2D eigenvalue weighted by Gasteiger charge is -2.37. The molecular weight excluding hydrogens is 400 g/mol. The first-order chi connectivity index (χ1) is 14.5. The summed E-state index contributed by atoms with van der Waals surface area (Å²) in [7, 11) is -3.37. The third-order valence-corrected chi connectivity index (χ3v) is 9.50. The Morgan fingerprint density at radius 3 is 2.70 bits per heavy atom. The van der Waals surface area contributed by atoms with Gasteiger partial charge in [-0.05, 0) is 75.0 Å². The zero-order valence-corrected chi connectivity index (χ0v) is 18.3. The van der Waals surface area contributed by atoms with Crippen LogP contribution in [0.15, 0.2) is 12.3 Å². The molecule has 1 N–H and O–H groups in total. The number of fused-ring (bicyclic) bond motifs is 3. The molecule has 4 unspecified atom stereocenters. The Hall–Kier alpha value is -1.83. The minimum atomic E-state index is -3.37. The fourth-order valence-corrected chi connectivity index (χ4v) is 7.02. The van der Waals surface area contributed by atoms with Gasteiger partial charge in [0.05, 0.1) is 5.25 Å². The lowest BCUT2D eigenvalue weighted by atomic mass is 9.77. The van der Waals surface area contributed by atoms with E-state index in [1.54, 1.807) is 4.40 Å². The molecule has 2 aromatic rings. The van der Waals surface area contributed by atoms with Crippen LogP contribution in [0, 0.1) is 17.8 Å². The first-order valence-corrected chi connectivity index (χ1v) is 13.1. The molecule has 30 heavy (non-hydrogen) atoms. The summed E-state index contributed by atoms with van der Waals surface area (Å²) in [5.41, 5.74) is 1.81. The van der Waals surface area contributed by atoms with Crippen molar-refractivity contribution in [2.45, 2.75) is 82.0 Å². The van der Waals surface area contributed by atoms with Crippen molar-refractivity contribution in [1.82, 2.24) is 14.6 Å². The predicted octanol–water partition coefficient (Wildman–Crippen LogP) is 4.10. The van der Waals surface area contributed by atoms with Crippen LogP contribution in [-0.2, 0) is 10.0 Å². The molecule has 2 heterocycles. The summed E-state index contributed by atoms with van der Waals surface area (Å²) in [6, 6.07) is 1.98. The SMILES string of the molecule is CCC1CC2CCC(C2)C1Oc1cc2nnc(NS(=O)(=O)C3CC3)n2cc1C1CC1. The maximum atomic E-state index is 12.4. The topological polar surface area (TPSA) is 85.6 Å². The van der Waals surface area contributed by atoms with Crippen molar-refractivity contribution in [3.05, 3.63) is 17.8 Å². The summed E-state index contributed by atoms with van der Waals surface area (Å²) in [5, 5.41) is 8.10. The van der Waals surface area contributed by atoms with Gasteiger partial charge in [0.1, 0.15) is 11.9 Å². The van der Waals surface area contributed by atoms with Crippen LogP contribution in [0.1, 0.15) is 76.2 Å². The van der Waals surface area contributed by atoms with Gasteiger partial charge in [-0.15, -0.1) is 10.2 Å². The normalized spacial score (nSPS) is 31.2. The van der Waals surface area contributed by atoms with Gasteiger partial charge in [0.25, 0.3) is 0 Å². The average molecular weight is 431 g/mol. The van der Waals surface area contributed by atoms with Crippen molar-refractivity contribution in [2.75, 3.05) is 4.72 Å². The molecule has 4 aliphatic rings. The van der Waals surface area contributed by atoms with E-state index in [-0.39, 0.29) is 17.3 Å². The second-order valence-corrected chi connectivity index (χ2v) is 11.9. The Balaban J connectivity index is 1.34. The number of aromatic nitrogens is 3. The fourth-order valence-electron chi connectivity index (χ4n) is 5.71. The van der Waals surface area contributed by atoms with E-state index in [2.05, 4.69) is 21.8 Å². The molecule has 4 aliphatic carbocycles. The number of anilines is 1. The van der Waals surface area contributed by atoms with E-state index in [0.29, 0.717) is 23.4 Å². The van der Waals surface area contributed by atoms with E-state index in [9.17, 15) is 8.42 Å². The largest absolute Gasteiger partial charge is 0.489 e. The van der Waals surface area contributed by atoms with Crippen LogP contribution in [0.4, 0.5) is 5.95 Å². The van der Waals surface area contributed by atoms with Gasteiger partial charge in [0, 0.05) is 17.8 Å². The van der Waals surface area contributed by atoms with Crippen LogP contribution in [0.3, 0.4) is 0 Å². The lowest BCUT2D eigenvalue weighted by molar-refractivity contribution is 0.0407. The molecule has 0 amide bonds. The minimum Gasteiger partial charge on any atom is -0.489 e. The Labute approximate surface area is 177 Å². The number of ether oxygens (including phenoxy) is 1. The summed E-state index contributed by atoms with van der Waals surface area (Å²) in [4.78, 5) is 0. The lowest BCUT2D eigenvalue weighted by Crippen LogP contribution is -2.37. The number of rotatable bonds is 7. The average Bonchev–Trinajstić information content (AvgIpc) is 3.65. The predicted molar refractivity (Wildman–Crippen MR) is 114 cm³/mol. The minimum absolute atomic E-state index is 0.282. The molecule has 6 rings (SSSR count). The number of hydrogen-bond donors (Lipinski definition) is 1. The van der Waals surface area contributed by atoms with Crippen molar-refractivity contribution in [3.63, 3.8) is 0 Å². The number of nitrogens with zero attached hydrogens (tertiary/aromatic N) is 3. The molecule has 0 aliphatic heterocycles. The Morgan fingerprint density at radius 1 is 1.13 bits per heavy atom. The molecule has 0 aromatic carbocycles. The highest BCUT2D eigenvalue weighted by atomic mass is 32.2. The summed E-state index contributed by atoms with van der Waals surface area (Å²) in [6.45, 7) is 2.29. The van der Waals surface area contributed by atoms with Gasteiger partial charge in [-0.2, -0.15) is 0 Å². The van der Waals surface area contributed by atoms with Gasteiger partial charge < -0.3 is 4.74 Å². The standard InChI is InChI=1S/C22H30N4O3S/c1-2-14-9-13-3-4-16(10-13)21(14)29-19-11-20-23-24-22(25-30(27,28)17-7-8-17)26(20)12-18(19)15-5-6-15/h11-17,21H,2-10H2,1H3,(H,24,25). The number of sulfonamides is 1. The van der Waals surface area contributed by atoms with Crippen molar-refractivity contribution >= 4 is 21.6 Å². The third-order valence-electron chi connectivity index (χ3n) is 7.68. The quantitative estimate of drug-likeness (QED) is 0.715. The van der Waals surface area contributed by atoms with E-state index >= 15 is 0 Å². The molecule has 2 aromatic heterocycles. The van der Waals surface area contributed by atoms with Gasteiger partial charge in [-0.25, -0.2) is 8.42 Å².